The predicted octanol–water partition coefficient (Wildman–Crippen LogP) is 3.24. The van der Waals surface area contributed by atoms with Gasteiger partial charge in [0.2, 0.25) is 11.8 Å². The van der Waals surface area contributed by atoms with E-state index in [1.54, 1.807) is 6.92 Å². The first-order valence-electron chi connectivity index (χ1n) is 13.1. The summed E-state index contributed by atoms with van der Waals surface area (Å²) in [6, 6.07) is 7.54. The molecule has 2 fully saturated rings. The van der Waals surface area contributed by atoms with Gasteiger partial charge < -0.3 is 14.7 Å². The molecule has 2 aromatic rings. The fourth-order valence-electron chi connectivity index (χ4n) is 5.80. The predicted molar refractivity (Wildman–Crippen MR) is 141 cm³/mol. The van der Waals surface area contributed by atoms with Gasteiger partial charge in [-0.2, -0.15) is 0 Å². The second kappa shape index (κ2) is 10.9. The maximum atomic E-state index is 14.4. The van der Waals surface area contributed by atoms with Crippen molar-refractivity contribution in [2.24, 2.45) is 0 Å². The maximum Gasteiger partial charge on any atom is 0.231 e. The van der Waals surface area contributed by atoms with Crippen molar-refractivity contribution in [2.75, 3.05) is 63.8 Å². The summed E-state index contributed by atoms with van der Waals surface area (Å²) in [5, 5.41) is 0.640. The van der Waals surface area contributed by atoms with Gasteiger partial charge in [-0.05, 0) is 30.0 Å². The summed E-state index contributed by atoms with van der Waals surface area (Å²) in [5.41, 5.74) is 2.38. The summed E-state index contributed by atoms with van der Waals surface area (Å²) in [7, 11) is 0. The Balaban J connectivity index is 1.28. The normalized spacial score (nSPS) is 23.2. The number of fused-ring (bicyclic) bond motifs is 1. The third kappa shape index (κ3) is 5.43. The van der Waals surface area contributed by atoms with E-state index in [1.807, 2.05) is 41.0 Å². The van der Waals surface area contributed by atoms with Gasteiger partial charge in [0.25, 0.3) is 0 Å². The number of nitrogens with zero attached hydrogens (tertiary/aromatic N) is 6. The van der Waals surface area contributed by atoms with Gasteiger partial charge in [0, 0.05) is 76.4 Å². The molecule has 2 aliphatic heterocycles. The number of benzene rings is 1. The molecule has 3 atom stereocenters. The van der Waals surface area contributed by atoms with Gasteiger partial charge in [-0.1, -0.05) is 30.7 Å². The second-order valence-electron chi connectivity index (χ2n) is 10.3. The van der Waals surface area contributed by atoms with E-state index in [2.05, 4.69) is 19.8 Å². The smallest absolute Gasteiger partial charge is 0.231 e. The summed E-state index contributed by atoms with van der Waals surface area (Å²) in [5.74, 6) is 0.763. The molecular formula is C27H34ClFN6O2. The lowest BCUT2D eigenvalue weighted by molar-refractivity contribution is -0.135. The first-order chi connectivity index (χ1) is 17.8. The Morgan fingerprint density at radius 3 is 2.30 bits per heavy atom. The Bertz CT molecular complexity index is 1130. The standard InChI is InChI=1S/C27H34ClFN6O2/c1-18-15-23(29)25-24(18)26(31-17-30-25)34-11-13-35(14-12-34)27(37)22(20-3-5-21(28)6-4-20)16-32-7-9-33(10-8-32)19(2)36/h3-6,17-18,22-23H,7-16H2,1-2H3/t18-,22+,23-/m1/s1. The molecule has 1 aliphatic carbocycles. The molecular weight excluding hydrogens is 495 g/mol. The van der Waals surface area contributed by atoms with Gasteiger partial charge in [-0.25, -0.2) is 14.4 Å². The maximum absolute atomic E-state index is 14.4. The van der Waals surface area contributed by atoms with E-state index in [9.17, 15) is 14.0 Å². The Labute approximate surface area is 222 Å². The Kier molecular flexibility index (Phi) is 7.62. The summed E-state index contributed by atoms with van der Waals surface area (Å²) in [6.45, 7) is 9.51. The van der Waals surface area contributed by atoms with E-state index in [-0.39, 0.29) is 23.7 Å². The van der Waals surface area contributed by atoms with Crippen molar-refractivity contribution in [1.82, 2.24) is 24.7 Å². The number of halogens is 2. The van der Waals surface area contributed by atoms with Gasteiger partial charge in [-0.3, -0.25) is 14.5 Å². The van der Waals surface area contributed by atoms with E-state index in [4.69, 9.17) is 11.6 Å². The monoisotopic (exact) mass is 528 g/mol. The number of hydrogen-bond acceptors (Lipinski definition) is 6. The Morgan fingerprint density at radius 2 is 1.65 bits per heavy atom. The highest BCUT2D eigenvalue weighted by Crippen LogP contribution is 2.44. The van der Waals surface area contributed by atoms with E-state index in [0.29, 0.717) is 63.0 Å². The molecule has 3 aliphatic rings. The number of amides is 2. The zero-order valence-electron chi connectivity index (χ0n) is 21.4. The van der Waals surface area contributed by atoms with Crippen LogP contribution in [0.5, 0.6) is 0 Å². The quantitative estimate of drug-likeness (QED) is 0.593. The van der Waals surface area contributed by atoms with Crippen LogP contribution in [0.4, 0.5) is 10.2 Å². The number of carbonyl (C=O) groups is 2. The van der Waals surface area contributed by atoms with Gasteiger partial charge in [0.15, 0.2) is 0 Å². The van der Waals surface area contributed by atoms with Crippen molar-refractivity contribution in [1.29, 1.82) is 0 Å². The van der Waals surface area contributed by atoms with Crippen LogP contribution in [0.2, 0.25) is 5.02 Å². The summed E-state index contributed by atoms with van der Waals surface area (Å²) >= 11 is 6.13. The van der Waals surface area contributed by atoms with Crippen LogP contribution < -0.4 is 4.90 Å². The van der Waals surface area contributed by atoms with Gasteiger partial charge in [-0.15, -0.1) is 0 Å². The first-order valence-corrected chi connectivity index (χ1v) is 13.5. The lowest BCUT2D eigenvalue weighted by atomic mass is 9.96. The number of piperazine rings is 2. The van der Waals surface area contributed by atoms with Crippen LogP contribution in [0.1, 0.15) is 55.1 Å². The summed E-state index contributed by atoms with van der Waals surface area (Å²) in [6.07, 6.45) is 0.869. The molecule has 2 saturated heterocycles. The molecule has 0 radical (unpaired) electrons. The Hall–Kier alpha value is -2.78. The molecule has 0 N–H and O–H groups in total. The van der Waals surface area contributed by atoms with Gasteiger partial charge in [0.1, 0.15) is 18.3 Å². The lowest BCUT2D eigenvalue weighted by Crippen LogP contribution is -2.53. The van der Waals surface area contributed by atoms with E-state index in [1.165, 1.54) is 6.33 Å². The molecule has 0 unspecified atom stereocenters. The highest BCUT2D eigenvalue weighted by atomic mass is 35.5. The van der Waals surface area contributed by atoms with Gasteiger partial charge in [0.05, 0.1) is 11.6 Å². The van der Waals surface area contributed by atoms with E-state index < -0.39 is 6.17 Å². The average Bonchev–Trinajstić information content (AvgIpc) is 3.21. The number of anilines is 1. The molecule has 198 valence electrons. The molecule has 2 amide bonds. The van der Waals surface area contributed by atoms with Crippen molar-refractivity contribution in [3.05, 3.63) is 52.4 Å². The summed E-state index contributed by atoms with van der Waals surface area (Å²) in [4.78, 5) is 42.5. The van der Waals surface area contributed by atoms with Crippen LogP contribution in [0.3, 0.4) is 0 Å². The third-order valence-electron chi connectivity index (χ3n) is 7.96. The number of rotatable bonds is 5. The van der Waals surface area contributed by atoms with Crippen molar-refractivity contribution >= 4 is 29.2 Å². The van der Waals surface area contributed by atoms with E-state index >= 15 is 0 Å². The number of alkyl halides is 1. The minimum Gasteiger partial charge on any atom is -0.353 e. The molecule has 5 rings (SSSR count). The van der Waals surface area contributed by atoms with Crippen molar-refractivity contribution in [3.8, 4) is 0 Å². The highest BCUT2D eigenvalue weighted by Gasteiger charge is 2.36. The van der Waals surface area contributed by atoms with Crippen molar-refractivity contribution in [2.45, 2.75) is 38.3 Å². The van der Waals surface area contributed by atoms with E-state index in [0.717, 1.165) is 30.0 Å². The number of hydrogen-bond donors (Lipinski definition) is 0. The van der Waals surface area contributed by atoms with Crippen molar-refractivity contribution < 1.29 is 14.0 Å². The first kappa shape index (κ1) is 25.9. The molecule has 10 heteroatoms. The number of carbonyl (C=O) groups excluding carboxylic acids is 2. The second-order valence-corrected chi connectivity index (χ2v) is 10.8. The lowest BCUT2D eigenvalue weighted by Gasteiger charge is -2.40. The molecule has 0 bridgehead atoms. The van der Waals surface area contributed by atoms with Crippen LogP contribution in [0.15, 0.2) is 30.6 Å². The molecule has 1 aromatic heterocycles. The van der Waals surface area contributed by atoms with Crippen molar-refractivity contribution in [3.63, 3.8) is 0 Å². The minimum atomic E-state index is -1.04. The topological polar surface area (TPSA) is 72.9 Å². The minimum absolute atomic E-state index is 0.0821. The molecule has 0 spiro atoms. The van der Waals surface area contributed by atoms with Crippen LogP contribution in [0, 0.1) is 0 Å². The SMILES string of the molecule is CC(=O)N1CCN(C[C@H](C(=O)N2CCN(c3ncnc4c3[C@H](C)C[C@H]4F)CC2)c2ccc(Cl)cc2)CC1. The molecule has 37 heavy (non-hydrogen) atoms. The summed E-state index contributed by atoms with van der Waals surface area (Å²) < 4.78 is 14.4. The molecule has 8 nitrogen and oxygen atoms in total. The van der Waals surface area contributed by atoms with Crippen LogP contribution >= 0.6 is 11.6 Å². The Morgan fingerprint density at radius 1 is 1.00 bits per heavy atom. The largest absolute Gasteiger partial charge is 0.353 e. The van der Waals surface area contributed by atoms with Crippen LogP contribution in [-0.4, -0.2) is 95.4 Å². The third-order valence-corrected chi connectivity index (χ3v) is 8.22. The van der Waals surface area contributed by atoms with Gasteiger partial charge >= 0.3 is 0 Å². The highest BCUT2D eigenvalue weighted by molar-refractivity contribution is 6.30. The molecule has 3 heterocycles. The zero-order valence-corrected chi connectivity index (χ0v) is 22.2. The average molecular weight is 529 g/mol. The molecule has 1 aromatic carbocycles. The molecule has 0 saturated carbocycles. The number of aromatic nitrogens is 2. The fraction of sp³-hybridized carbons (Fsp3) is 0.556. The van der Waals surface area contributed by atoms with Crippen LogP contribution in [0.25, 0.3) is 0 Å². The zero-order chi connectivity index (χ0) is 26.1. The fourth-order valence-corrected chi connectivity index (χ4v) is 5.92. The van der Waals surface area contributed by atoms with Crippen LogP contribution in [-0.2, 0) is 9.59 Å².